The van der Waals surface area contributed by atoms with Crippen LogP contribution < -0.4 is 5.32 Å². The van der Waals surface area contributed by atoms with Crippen LogP contribution in [0.5, 0.6) is 0 Å². The third-order valence-corrected chi connectivity index (χ3v) is 3.95. The predicted octanol–water partition coefficient (Wildman–Crippen LogP) is 2.13. The minimum atomic E-state index is -0.457. The Morgan fingerprint density at radius 1 is 1.29 bits per heavy atom. The Hall–Kier alpha value is -1.56. The van der Waals surface area contributed by atoms with Gasteiger partial charge in [-0.3, -0.25) is 4.90 Å². The number of carbonyl (C=O) groups excluding carboxylic acids is 1. The lowest BCUT2D eigenvalue weighted by Gasteiger charge is -2.24. The van der Waals surface area contributed by atoms with Crippen LogP contribution in [0.15, 0.2) is 0 Å². The number of rotatable bonds is 1. The summed E-state index contributed by atoms with van der Waals surface area (Å²) in [7, 11) is 0. The van der Waals surface area contributed by atoms with Gasteiger partial charge in [0.1, 0.15) is 11.4 Å². The average molecular weight is 292 g/mol. The van der Waals surface area contributed by atoms with Crippen LogP contribution in [0.2, 0.25) is 0 Å². The number of aromatic nitrogens is 2. The lowest BCUT2D eigenvalue weighted by atomic mass is 9.98. The predicted molar refractivity (Wildman–Crippen MR) is 78.9 cm³/mol. The summed E-state index contributed by atoms with van der Waals surface area (Å²) in [5, 5.41) is 3.37. The van der Waals surface area contributed by atoms with Crippen LogP contribution in [0.4, 0.5) is 4.79 Å². The summed E-state index contributed by atoms with van der Waals surface area (Å²) < 4.78 is 5.41. The molecule has 3 rings (SSSR count). The zero-order valence-electron chi connectivity index (χ0n) is 13.0. The van der Waals surface area contributed by atoms with E-state index in [1.165, 1.54) is 0 Å². The minimum Gasteiger partial charge on any atom is -0.444 e. The van der Waals surface area contributed by atoms with Gasteiger partial charge in [0.05, 0.1) is 24.5 Å². The van der Waals surface area contributed by atoms with Crippen molar-refractivity contribution in [3.05, 3.63) is 17.2 Å². The highest BCUT2D eigenvalue weighted by Gasteiger charge is 2.31. The quantitative estimate of drug-likeness (QED) is 0.832. The number of carbonyl (C=O) groups is 1. The topological polar surface area (TPSA) is 70.2 Å². The van der Waals surface area contributed by atoms with E-state index in [0.717, 1.165) is 43.1 Å². The second-order valence-electron chi connectivity index (χ2n) is 6.91. The maximum absolute atomic E-state index is 12.1. The number of H-pyrrole nitrogens is 1. The Labute approximate surface area is 125 Å². The fourth-order valence-electron chi connectivity index (χ4n) is 2.90. The zero-order chi connectivity index (χ0) is 15.0. The molecule has 1 aromatic rings. The minimum absolute atomic E-state index is 0.266. The van der Waals surface area contributed by atoms with Crippen molar-refractivity contribution in [3.8, 4) is 0 Å². The molecule has 1 fully saturated rings. The van der Waals surface area contributed by atoms with E-state index in [0.29, 0.717) is 19.0 Å². The molecule has 3 heterocycles. The van der Waals surface area contributed by atoms with E-state index in [4.69, 9.17) is 9.72 Å². The first kappa shape index (κ1) is 14.4. The van der Waals surface area contributed by atoms with E-state index in [9.17, 15) is 4.79 Å². The lowest BCUT2D eigenvalue weighted by molar-refractivity contribution is 0.0238. The Balaban J connectivity index is 1.63. The second-order valence-corrected chi connectivity index (χ2v) is 6.91. The van der Waals surface area contributed by atoms with Gasteiger partial charge >= 0.3 is 6.09 Å². The molecule has 2 N–H and O–H groups in total. The molecule has 0 radical (unpaired) electrons. The van der Waals surface area contributed by atoms with Gasteiger partial charge in [-0.05, 0) is 46.7 Å². The molecule has 0 saturated carbocycles. The van der Waals surface area contributed by atoms with Gasteiger partial charge in [-0.25, -0.2) is 9.78 Å². The summed E-state index contributed by atoms with van der Waals surface area (Å²) in [6.07, 6.45) is 1.99. The monoisotopic (exact) mass is 292 g/mol. The van der Waals surface area contributed by atoms with Crippen LogP contribution in [0, 0.1) is 0 Å². The van der Waals surface area contributed by atoms with Gasteiger partial charge in [0.15, 0.2) is 0 Å². The highest BCUT2D eigenvalue weighted by atomic mass is 16.6. The first-order chi connectivity index (χ1) is 9.92. The molecule has 1 aromatic heterocycles. The molecule has 21 heavy (non-hydrogen) atoms. The van der Waals surface area contributed by atoms with E-state index in [1.807, 2.05) is 20.8 Å². The third-order valence-electron chi connectivity index (χ3n) is 3.95. The molecule has 6 heteroatoms. The van der Waals surface area contributed by atoms with Crippen molar-refractivity contribution in [2.24, 2.45) is 0 Å². The number of amides is 1. The van der Waals surface area contributed by atoms with Gasteiger partial charge in [-0.1, -0.05) is 0 Å². The van der Waals surface area contributed by atoms with Crippen LogP contribution in [0.3, 0.4) is 0 Å². The molecular weight excluding hydrogens is 268 g/mol. The smallest absolute Gasteiger partial charge is 0.410 e. The van der Waals surface area contributed by atoms with Crippen LogP contribution in [0.1, 0.15) is 56.7 Å². The van der Waals surface area contributed by atoms with E-state index < -0.39 is 5.60 Å². The van der Waals surface area contributed by atoms with E-state index in [-0.39, 0.29) is 6.09 Å². The van der Waals surface area contributed by atoms with Crippen LogP contribution in [-0.4, -0.2) is 39.7 Å². The molecule has 1 amide bonds. The standard InChI is InChI=1S/C15H24N4O2/c1-15(2,3)21-14(20)19-8-11-12(9-19)18-13(17-11)10-4-6-16-7-5-10/h10,16H,4-9H2,1-3H3,(H,17,18). The summed E-state index contributed by atoms with van der Waals surface area (Å²) in [6.45, 7) is 8.88. The molecule has 6 nitrogen and oxygen atoms in total. The average Bonchev–Trinajstić information content (AvgIpc) is 2.95. The Kier molecular flexibility index (Phi) is 3.65. The van der Waals surface area contributed by atoms with Crippen molar-refractivity contribution < 1.29 is 9.53 Å². The number of aromatic amines is 1. The summed E-state index contributed by atoms with van der Waals surface area (Å²) in [4.78, 5) is 21.9. The van der Waals surface area contributed by atoms with E-state index in [1.54, 1.807) is 4.90 Å². The number of hydrogen-bond acceptors (Lipinski definition) is 4. The largest absolute Gasteiger partial charge is 0.444 e. The maximum atomic E-state index is 12.1. The third kappa shape index (κ3) is 3.20. The van der Waals surface area contributed by atoms with Crippen molar-refractivity contribution >= 4 is 6.09 Å². The number of nitrogens with zero attached hydrogens (tertiary/aromatic N) is 2. The first-order valence-corrected chi connectivity index (χ1v) is 7.69. The normalized spacial score (nSPS) is 19.7. The first-order valence-electron chi connectivity index (χ1n) is 7.69. The van der Waals surface area contributed by atoms with Gasteiger partial charge in [0.25, 0.3) is 0 Å². The number of piperidine rings is 1. The summed E-state index contributed by atoms with van der Waals surface area (Å²) in [6, 6.07) is 0. The SMILES string of the molecule is CC(C)(C)OC(=O)N1Cc2nc(C3CCNCC3)[nH]c2C1. The molecule has 0 bridgehead atoms. The fourth-order valence-corrected chi connectivity index (χ4v) is 2.90. The van der Waals surface area contributed by atoms with Crippen LogP contribution in [0.25, 0.3) is 0 Å². The fraction of sp³-hybridized carbons (Fsp3) is 0.733. The molecule has 0 unspecified atom stereocenters. The van der Waals surface area contributed by atoms with Gasteiger partial charge in [0.2, 0.25) is 0 Å². The molecule has 0 aromatic carbocycles. The lowest BCUT2D eigenvalue weighted by Crippen LogP contribution is -2.33. The molecule has 2 aliphatic rings. The summed E-state index contributed by atoms with van der Waals surface area (Å²) in [5.74, 6) is 1.61. The van der Waals surface area contributed by atoms with Gasteiger partial charge in [-0.15, -0.1) is 0 Å². The Bertz CT molecular complexity index is 503. The highest BCUT2D eigenvalue weighted by Crippen LogP contribution is 2.28. The van der Waals surface area contributed by atoms with Crippen molar-refractivity contribution in [3.63, 3.8) is 0 Å². The maximum Gasteiger partial charge on any atom is 0.410 e. The van der Waals surface area contributed by atoms with Crippen LogP contribution >= 0.6 is 0 Å². The van der Waals surface area contributed by atoms with E-state index >= 15 is 0 Å². The summed E-state index contributed by atoms with van der Waals surface area (Å²) >= 11 is 0. The van der Waals surface area contributed by atoms with Crippen molar-refractivity contribution in [2.75, 3.05) is 13.1 Å². The number of hydrogen-bond donors (Lipinski definition) is 2. The Morgan fingerprint density at radius 3 is 2.62 bits per heavy atom. The van der Waals surface area contributed by atoms with Gasteiger partial charge in [0, 0.05) is 5.92 Å². The van der Waals surface area contributed by atoms with Crippen molar-refractivity contribution in [2.45, 2.75) is 58.2 Å². The molecule has 0 spiro atoms. The van der Waals surface area contributed by atoms with Crippen molar-refractivity contribution in [1.82, 2.24) is 20.2 Å². The molecule has 116 valence electrons. The van der Waals surface area contributed by atoms with Crippen LogP contribution in [-0.2, 0) is 17.8 Å². The Morgan fingerprint density at radius 2 is 2.00 bits per heavy atom. The van der Waals surface area contributed by atoms with Gasteiger partial charge < -0.3 is 15.0 Å². The molecule has 0 aliphatic carbocycles. The molecule has 0 atom stereocenters. The zero-order valence-corrected chi connectivity index (χ0v) is 13.0. The highest BCUT2D eigenvalue weighted by molar-refractivity contribution is 5.69. The molecular formula is C15H24N4O2. The molecule has 1 saturated heterocycles. The number of ether oxygens (including phenoxy) is 1. The van der Waals surface area contributed by atoms with E-state index in [2.05, 4.69) is 10.3 Å². The molecule has 2 aliphatic heterocycles. The number of nitrogens with one attached hydrogen (secondary N) is 2. The van der Waals surface area contributed by atoms with Crippen molar-refractivity contribution in [1.29, 1.82) is 0 Å². The number of imidazole rings is 1. The number of fused-ring (bicyclic) bond motifs is 1. The second kappa shape index (κ2) is 5.33. The summed E-state index contributed by atoms with van der Waals surface area (Å²) in [5.41, 5.74) is 1.60. The van der Waals surface area contributed by atoms with Gasteiger partial charge in [-0.2, -0.15) is 0 Å².